The molecule has 1 amide bonds. The van der Waals surface area contributed by atoms with Crippen LogP contribution in [0.2, 0.25) is 0 Å². The maximum Gasteiger partial charge on any atom is 0.230 e. The number of halogens is 1. The van der Waals surface area contributed by atoms with Gasteiger partial charge in [0.1, 0.15) is 0 Å². The molecule has 1 atom stereocenters. The molecule has 2 rings (SSSR count). The first kappa shape index (κ1) is 16.6. The zero-order valence-corrected chi connectivity index (χ0v) is 14.4. The SMILES string of the molecule is CC(NC(=O)CSc1ccc(Br)cc1)c1ccc(C#N)cc1. The molecule has 0 saturated carbocycles. The third-order valence-electron chi connectivity index (χ3n) is 3.10. The van der Waals surface area contributed by atoms with E-state index in [0.717, 1.165) is 14.9 Å². The van der Waals surface area contributed by atoms with E-state index in [-0.39, 0.29) is 11.9 Å². The van der Waals surface area contributed by atoms with E-state index in [1.54, 1.807) is 12.1 Å². The third-order valence-corrected chi connectivity index (χ3v) is 4.64. The molecule has 112 valence electrons. The van der Waals surface area contributed by atoms with Crippen molar-refractivity contribution < 1.29 is 4.79 Å². The van der Waals surface area contributed by atoms with Crippen molar-refractivity contribution in [3.8, 4) is 6.07 Å². The van der Waals surface area contributed by atoms with E-state index >= 15 is 0 Å². The van der Waals surface area contributed by atoms with Crippen molar-refractivity contribution in [2.75, 3.05) is 5.75 Å². The number of hydrogen-bond donors (Lipinski definition) is 1. The molecular weight excluding hydrogens is 360 g/mol. The van der Waals surface area contributed by atoms with Gasteiger partial charge in [0.2, 0.25) is 5.91 Å². The number of thioether (sulfide) groups is 1. The molecule has 1 unspecified atom stereocenters. The van der Waals surface area contributed by atoms with Crippen molar-refractivity contribution in [2.45, 2.75) is 17.9 Å². The summed E-state index contributed by atoms with van der Waals surface area (Å²) in [6.45, 7) is 1.93. The minimum absolute atomic E-state index is 0.00946. The van der Waals surface area contributed by atoms with E-state index in [1.165, 1.54) is 11.8 Å². The molecule has 2 aromatic carbocycles. The van der Waals surface area contributed by atoms with Crippen LogP contribution in [-0.4, -0.2) is 11.7 Å². The highest BCUT2D eigenvalue weighted by Gasteiger charge is 2.10. The number of hydrogen-bond acceptors (Lipinski definition) is 3. The Morgan fingerprint density at radius 1 is 1.23 bits per heavy atom. The Kier molecular flexibility index (Phi) is 6.05. The fourth-order valence-electron chi connectivity index (χ4n) is 1.89. The van der Waals surface area contributed by atoms with E-state index in [4.69, 9.17) is 5.26 Å². The van der Waals surface area contributed by atoms with Crippen LogP contribution in [0.3, 0.4) is 0 Å². The topological polar surface area (TPSA) is 52.9 Å². The smallest absolute Gasteiger partial charge is 0.230 e. The first-order valence-electron chi connectivity index (χ1n) is 6.76. The van der Waals surface area contributed by atoms with Crippen LogP contribution in [0.1, 0.15) is 24.1 Å². The fraction of sp³-hybridized carbons (Fsp3) is 0.176. The van der Waals surface area contributed by atoms with Gasteiger partial charge in [-0.05, 0) is 48.9 Å². The Bertz CT molecular complexity index is 677. The van der Waals surface area contributed by atoms with Gasteiger partial charge in [0.15, 0.2) is 0 Å². The van der Waals surface area contributed by atoms with Crippen LogP contribution >= 0.6 is 27.7 Å². The number of carbonyl (C=O) groups excluding carboxylic acids is 1. The molecule has 0 bridgehead atoms. The molecule has 22 heavy (non-hydrogen) atoms. The average molecular weight is 375 g/mol. The van der Waals surface area contributed by atoms with Gasteiger partial charge in [-0.15, -0.1) is 11.8 Å². The molecule has 5 heteroatoms. The Morgan fingerprint density at radius 2 is 1.86 bits per heavy atom. The van der Waals surface area contributed by atoms with Gasteiger partial charge < -0.3 is 5.32 Å². The lowest BCUT2D eigenvalue weighted by Gasteiger charge is -2.14. The zero-order valence-electron chi connectivity index (χ0n) is 12.0. The molecule has 0 saturated heterocycles. The Morgan fingerprint density at radius 3 is 2.45 bits per heavy atom. The van der Waals surface area contributed by atoms with Crippen LogP contribution in [0.5, 0.6) is 0 Å². The van der Waals surface area contributed by atoms with E-state index in [2.05, 4.69) is 27.3 Å². The van der Waals surface area contributed by atoms with Crippen LogP contribution in [0, 0.1) is 11.3 Å². The summed E-state index contributed by atoms with van der Waals surface area (Å²) in [5.74, 6) is 0.368. The molecule has 0 aliphatic carbocycles. The van der Waals surface area contributed by atoms with Crippen LogP contribution in [0.15, 0.2) is 57.9 Å². The molecule has 0 aliphatic heterocycles. The summed E-state index contributed by atoms with van der Waals surface area (Å²) in [6, 6.07) is 17.1. The lowest BCUT2D eigenvalue weighted by molar-refractivity contribution is -0.119. The standard InChI is InChI=1S/C17H15BrN2OS/c1-12(14-4-2-13(10-19)3-5-14)20-17(21)11-22-16-8-6-15(18)7-9-16/h2-9,12H,11H2,1H3,(H,20,21). The largest absolute Gasteiger partial charge is 0.349 e. The second-order valence-electron chi connectivity index (χ2n) is 4.77. The molecule has 3 nitrogen and oxygen atoms in total. The average Bonchev–Trinajstić information content (AvgIpc) is 2.54. The minimum Gasteiger partial charge on any atom is -0.349 e. The Labute approximate surface area is 142 Å². The summed E-state index contributed by atoms with van der Waals surface area (Å²) in [4.78, 5) is 13.1. The van der Waals surface area contributed by atoms with E-state index < -0.39 is 0 Å². The highest BCUT2D eigenvalue weighted by molar-refractivity contribution is 9.10. The summed E-state index contributed by atoms with van der Waals surface area (Å²) in [7, 11) is 0. The zero-order chi connectivity index (χ0) is 15.9. The minimum atomic E-state index is -0.0780. The van der Waals surface area contributed by atoms with Gasteiger partial charge in [-0.3, -0.25) is 4.79 Å². The third kappa shape index (κ3) is 4.90. The normalized spacial score (nSPS) is 11.5. The number of nitrogens with one attached hydrogen (secondary N) is 1. The first-order chi connectivity index (χ1) is 10.6. The highest BCUT2D eigenvalue weighted by Crippen LogP contribution is 2.21. The quantitative estimate of drug-likeness (QED) is 0.794. The van der Waals surface area contributed by atoms with Crippen molar-refractivity contribution in [1.82, 2.24) is 5.32 Å². The maximum atomic E-state index is 12.0. The molecule has 0 aromatic heterocycles. The van der Waals surface area contributed by atoms with Crippen LogP contribution in [-0.2, 0) is 4.79 Å². The number of amides is 1. The van der Waals surface area contributed by atoms with Crippen molar-refractivity contribution >= 4 is 33.6 Å². The van der Waals surface area contributed by atoms with E-state index in [0.29, 0.717) is 11.3 Å². The predicted molar refractivity (Wildman–Crippen MR) is 92.6 cm³/mol. The second kappa shape index (κ2) is 8.02. The summed E-state index contributed by atoms with van der Waals surface area (Å²) >= 11 is 4.89. The molecule has 0 fully saturated rings. The summed E-state index contributed by atoms with van der Waals surface area (Å²) in [6.07, 6.45) is 0. The number of rotatable bonds is 5. The van der Waals surface area contributed by atoms with E-state index in [9.17, 15) is 4.79 Å². The van der Waals surface area contributed by atoms with Crippen molar-refractivity contribution in [1.29, 1.82) is 5.26 Å². The van der Waals surface area contributed by atoms with Crippen molar-refractivity contribution in [2.24, 2.45) is 0 Å². The van der Waals surface area contributed by atoms with Gasteiger partial charge in [0.05, 0.1) is 23.4 Å². The van der Waals surface area contributed by atoms with Gasteiger partial charge in [0, 0.05) is 9.37 Å². The number of nitrogens with zero attached hydrogens (tertiary/aromatic N) is 1. The molecule has 0 aliphatic rings. The van der Waals surface area contributed by atoms with Crippen LogP contribution in [0.25, 0.3) is 0 Å². The molecule has 1 N–H and O–H groups in total. The van der Waals surface area contributed by atoms with Crippen molar-refractivity contribution in [3.05, 3.63) is 64.1 Å². The maximum absolute atomic E-state index is 12.0. The molecule has 0 spiro atoms. The predicted octanol–water partition coefficient (Wildman–Crippen LogP) is 4.29. The number of carbonyl (C=O) groups is 1. The number of benzene rings is 2. The van der Waals surface area contributed by atoms with Crippen LogP contribution in [0.4, 0.5) is 0 Å². The van der Waals surface area contributed by atoms with Gasteiger partial charge in [-0.2, -0.15) is 5.26 Å². The molecular formula is C17H15BrN2OS. The summed E-state index contributed by atoms with van der Waals surface area (Å²) in [5.41, 5.74) is 1.61. The molecule has 2 aromatic rings. The Balaban J connectivity index is 1.85. The first-order valence-corrected chi connectivity index (χ1v) is 8.54. The summed E-state index contributed by atoms with van der Waals surface area (Å²) in [5, 5.41) is 11.7. The lowest BCUT2D eigenvalue weighted by atomic mass is 10.1. The van der Waals surface area contributed by atoms with E-state index in [1.807, 2.05) is 43.3 Å². The van der Waals surface area contributed by atoms with Crippen LogP contribution < -0.4 is 5.32 Å². The Hall–Kier alpha value is -1.77. The monoisotopic (exact) mass is 374 g/mol. The molecule has 0 radical (unpaired) electrons. The second-order valence-corrected chi connectivity index (χ2v) is 6.73. The number of nitriles is 1. The lowest BCUT2D eigenvalue weighted by Crippen LogP contribution is -2.28. The van der Waals surface area contributed by atoms with Gasteiger partial charge in [-0.1, -0.05) is 28.1 Å². The van der Waals surface area contributed by atoms with Crippen molar-refractivity contribution in [3.63, 3.8) is 0 Å². The molecule has 0 heterocycles. The van der Waals surface area contributed by atoms with Gasteiger partial charge in [0.25, 0.3) is 0 Å². The van der Waals surface area contributed by atoms with Gasteiger partial charge in [-0.25, -0.2) is 0 Å². The highest BCUT2D eigenvalue weighted by atomic mass is 79.9. The fourth-order valence-corrected chi connectivity index (χ4v) is 2.87. The van der Waals surface area contributed by atoms with Gasteiger partial charge >= 0.3 is 0 Å². The summed E-state index contributed by atoms with van der Waals surface area (Å²) < 4.78 is 1.02.